The van der Waals surface area contributed by atoms with Crippen LogP contribution in [0.15, 0.2) is 18.2 Å². The maximum atomic E-state index is 5.61. The second kappa shape index (κ2) is 3.88. The van der Waals surface area contributed by atoms with E-state index in [1.165, 1.54) is 0 Å². The van der Waals surface area contributed by atoms with Gasteiger partial charge < -0.3 is 11.5 Å². The zero-order valence-electron chi connectivity index (χ0n) is 7.12. The zero-order valence-corrected chi connectivity index (χ0v) is 7.12. The molecule has 0 aliphatic carbocycles. The molecule has 0 bridgehead atoms. The molecule has 0 saturated carbocycles. The predicted octanol–water partition coefficient (Wildman–Crippen LogP) is 0.944. The summed E-state index contributed by atoms with van der Waals surface area (Å²) in [5.74, 6) is 0. The van der Waals surface area contributed by atoms with Crippen molar-refractivity contribution in [3.05, 3.63) is 29.6 Å². The van der Waals surface area contributed by atoms with Gasteiger partial charge in [0.1, 0.15) is 0 Å². The van der Waals surface area contributed by atoms with Crippen LogP contribution in [-0.4, -0.2) is 11.5 Å². The van der Waals surface area contributed by atoms with Crippen LogP contribution in [0.1, 0.15) is 11.4 Å². The highest BCUT2D eigenvalue weighted by atomic mass is 14.7. The number of hydrogen-bond donors (Lipinski definition) is 2. The number of anilines is 1. The van der Waals surface area contributed by atoms with Gasteiger partial charge in [-0.1, -0.05) is 6.08 Å². The SMILES string of the molecule is Cc1nc(C=CCN)ccc1N. The first kappa shape index (κ1) is 8.74. The van der Waals surface area contributed by atoms with Crippen LogP contribution in [-0.2, 0) is 0 Å². The van der Waals surface area contributed by atoms with E-state index in [-0.39, 0.29) is 0 Å². The van der Waals surface area contributed by atoms with Gasteiger partial charge in [0.2, 0.25) is 0 Å². The van der Waals surface area contributed by atoms with Gasteiger partial charge in [-0.3, -0.25) is 4.98 Å². The second-order valence-corrected chi connectivity index (χ2v) is 2.55. The molecule has 12 heavy (non-hydrogen) atoms. The standard InChI is InChI=1S/C9H13N3/c1-7-9(11)5-4-8(12-7)3-2-6-10/h2-5H,6,10-11H2,1H3. The van der Waals surface area contributed by atoms with Gasteiger partial charge in [-0.15, -0.1) is 0 Å². The predicted molar refractivity (Wildman–Crippen MR) is 51.5 cm³/mol. The lowest BCUT2D eigenvalue weighted by Crippen LogP contribution is -1.95. The molecule has 0 amide bonds. The van der Waals surface area contributed by atoms with E-state index in [4.69, 9.17) is 11.5 Å². The number of aromatic nitrogens is 1. The molecule has 0 radical (unpaired) electrons. The summed E-state index contributed by atoms with van der Waals surface area (Å²) in [5.41, 5.74) is 13.4. The van der Waals surface area contributed by atoms with Gasteiger partial charge in [0.25, 0.3) is 0 Å². The fourth-order valence-corrected chi connectivity index (χ4v) is 0.873. The molecule has 0 atom stereocenters. The molecule has 1 aromatic rings. The summed E-state index contributed by atoms with van der Waals surface area (Å²) in [6.07, 6.45) is 3.74. The number of rotatable bonds is 2. The van der Waals surface area contributed by atoms with Crippen LogP contribution in [0.4, 0.5) is 5.69 Å². The normalized spacial score (nSPS) is 10.8. The quantitative estimate of drug-likeness (QED) is 0.682. The topological polar surface area (TPSA) is 64.9 Å². The van der Waals surface area contributed by atoms with Crippen molar-refractivity contribution in [2.75, 3.05) is 12.3 Å². The molecule has 1 aromatic heterocycles. The molecule has 1 rings (SSSR count). The number of hydrogen-bond acceptors (Lipinski definition) is 3. The van der Waals surface area contributed by atoms with Gasteiger partial charge in [0, 0.05) is 6.54 Å². The molecule has 0 aromatic carbocycles. The molecular formula is C9H13N3. The van der Waals surface area contributed by atoms with Gasteiger partial charge in [-0.05, 0) is 25.1 Å². The number of nitrogens with zero attached hydrogens (tertiary/aromatic N) is 1. The summed E-state index contributed by atoms with van der Waals surface area (Å²) in [6.45, 7) is 2.42. The lowest BCUT2D eigenvalue weighted by molar-refractivity contribution is 1.18. The van der Waals surface area contributed by atoms with Gasteiger partial charge in [-0.2, -0.15) is 0 Å². The monoisotopic (exact) mass is 163 g/mol. The molecule has 0 aliphatic heterocycles. The fourth-order valence-electron chi connectivity index (χ4n) is 0.873. The van der Waals surface area contributed by atoms with Crippen LogP contribution in [0.25, 0.3) is 6.08 Å². The molecule has 0 saturated heterocycles. The van der Waals surface area contributed by atoms with Crippen LogP contribution < -0.4 is 11.5 Å². The number of nitrogens with two attached hydrogens (primary N) is 2. The van der Waals surface area contributed by atoms with E-state index in [0.29, 0.717) is 6.54 Å². The number of pyridine rings is 1. The van der Waals surface area contributed by atoms with Crippen molar-refractivity contribution in [3.8, 4) is 0 Å². The van der Waals surface area contributed by atoms with Crippen molar-refractivity contribution in [1.82, 2.24) is 4.98 Å². The number of nitrogen functional groups attached to an aromatic ring is 1. The molecule has 1 heterocycles. The Bertz CT molecular complexity index is 292. The average molecular weight is 163 g/mol. The van der Waals surface area contributed by atoms with Crippen molar-refractivity contribution >= 4 is 11.8 Å². The van der Waals surface area contributed by atoms with Gasteiger partial charge in [-0.25, -0.2) is 0 Å². The molecule has 0 aliphatic rings. The van der Waals surface area contributed by atoms with E-state index in [1.807, 2.05) is 31.2 Å². The van der Waals surface area contributed by atoms with Gasteiger partial charge >= 0.3 is 0 Å². The number of aryl methyl sites for hydroxylation is 1. The van der Waals surface area contributed by atoms with E-state index in [2.05, 4.69) is 4.98 Å². The van der Waals surface area contributed by atoms with Crippen LogP contribution in [0, 0.1) is 6.92 Å². The highest BCUT2D eigenvalue weighted by molar-refractivity contribution is 5.51. The molecular weight excluding hydrogens is 150 g/mol. The zero-order chi connectivity index (χ0) is 8.97. The molecule has 3 nitrogen and oxygen atoms in total. The van der Waals surface area contributed by atoms with Crippen molar-refractivity contribution in [3.63, 3.8) is 0 Å². The van der Waals surface area contributed by atoms with E-state index in [1.54, 1.807) is 0 Å². The maximum absolute atomic E-state index is 5.61. The third kappa shape index (κ3) is 2.07. The Labute approximate surface area is 72.1 Å². The molecule has 4 N–H and O–H groups in total. The minimum Gasteiger partial charge on any atom is -0.397 e. The van der Waals surface area contributed by atoms with Crippen molar-refractivity contribution in [2.24, 2.45) is 5.73 Å². The Hall–Kier alpha value is -1.35. The first-order valence-corrected chi connectivity index (χ1v) is 3.84. The average Bonchev–Trinajstić information content (AvgIpc) is 2.07. The smallest absolute Gasteiger partial charge is 0.0631 e. The first-order chi connectivity index (χ1) is 5.74. The Kier molecular flexibility index (Phi) is 2.82. The molecule has 3 heteroatoms. The van der Waals surface area contributed by atoms with E-state index >= 15 is 0 Å². The van der Waals surface area contributed by atoms with Gasteiger partial charge in [0.05, 0.1) is 17.1 Å². The molecule has 0 fully saturated rings. The van der Waals surface area contributed by atoms with Crippen molar-refractivity contribution < 1.29 is 0 Å². The summed E-state index contributed by atoms with van der Waals surface area (Å²) in [5, 5.41) is 0. The highest BCUT2D eigenvalue weighted by Crippen LogP contribution is 2.08. The van der Waals surface area contributed by atoms with Gasteiger partial charge in [0.15, 0.2) is 0 Å². The lowest BCUT2D eigenvalue weighted by Gasteiger charge is -1.99. The Morgan fingerprint density at radius 3 is 2.83 bits per heavy atom. The fraction of sp³-hybridized carbons (Fsp3) is 0.222. The highest BCUT2D eigenvalue weighted by Gasteiger charge is 1.93. The Morgan fingerprint density at radius 2 is 2.25 bits per heavy atom. The van der Waals surface area contributed by atoms with E-state index < -0.39 is 0 Å². The van der Waals surface area contributed by atoms with Crippen LogP contribution in [0.3, 0.4) is 0 Å². The van der Waals surface area contributed by atoms with Crippen LogP contribution >= 0.6 is 0 Å². The first-order valence-electron chi connectivity index (χ1n) is 3.84. The summed E-state index contributed by atoms with van der Waals surface area (Å²) in [4.78, 5) is 4.24. The maximum Gasteiger partial charge on any atom is 0.0631 e. The summed E-state index contributed by atoms with van der Waals surface area (Å²) in [6, 6.07) is 3.72. The van der Waals surface area contributed by atoms with E-state index in [0.717, 1.165) is 17.1 Å². The van der Waals surface area contributed by atoms with Crippen molar-refractivity contribution in [1.29, 1.82) is 0 Å². The van der Waals surface area contributed by atoms with Crippen LogP contribution in [0.5, 0.6) is 0 Å². The minimum absolute atomic E-state index is 0.533. The summed E-state index contributed by atoms with van der Waals surface area (Å²) in [7, 11) is 0. The second-order valence-electron chi connectivity index (χ2n) is 2.55. The Morgan fingerprint density at radius 1 is 1.50 bits per heavy atom. The molecule has 0 unspecified atom stereocenters. The summed E-state index contributed by atoms with van der Waals surface area (Å²) >= 11 is 0. The van der Waals surface area contributed by atoms with E-state index in [9.17, 15) is 0 Å². The third-order valence-corrected chi connectivity index (χ3v) is 1.57. The largest absolute Gasteiger partial charge is 0.397 e. The lowest BCUT2D eigenvalue weighted by atomic mass is 10.2. The third-order valence-electron chi connectivity index (χ3n) is 1.57. The molecule has 64 valence electrons. The Balaban J connectivity index is 2.89. The van der Waals surface area contributed by atoms with Crippen LogP contribution in [0.2, 0.25) is 0 Å². The van der Waals surface area contributed by atoms with Crippen molar-refractivity contribution in [2.45, 2.75) is 6.92 Å². The molecule has 0 spiro atoms. The minimum atomic E-state index is 0.533. The summed E-state index contributed by atoms with van der Waals surface area (Å²) < 4.78 is 0.